The molecule has 0 unspecified atom stereocenters. The number of nitrogens with one attached hydrogen (secondary N) is 1. The van der Waals surface area contributed by atoms with Crippen LogP contribution in [0.4, 0.5) is 0 Å². The van der Waals surface area contributed by atoms with Crippen molar-refractivity contribution in [2.45, 2.75) is 34.3 Å². The van der Waals surface area contributed by atoms with Crippen LogP contribution in [-0.4, -0.2) is 5.91 Å². The molecule has 0 radical (unpaired) electrons. The van der Waals surface area contributed by atoms with Gasteiger partial charge in [-0.15, -0.1) is 0 Å². The molecule has 0 saturated heterocycles. The fraction of sp³-hybridized carbons (Fsp3) is 0.312. The maximum absolute atomic E-state index is 11.5. The van der Waals surface area contributed by atoms with Crippen LogP contribution < -0.4 is 16.0 Å². The molecule has 2 aromatic rings. The highest BCUT2D eigenvalue weighted by Crippen LogP contribution is 2.26. The molecule has 0 aliphatic heterocycles. The van der Waals surface area contributed by atoms with E-state index in [1.165, 1.54) is 5.56 Å². The van der Waals surface area contributed by atoms with Crippen molar-refractivity contribution in [3.8, 4) is 5.75 Å². The topological polar surface area (TPSA) is 77.5 Å². The first-order valence-electron chi connectivity index (χ1n) is 6.73. The van der Waals surface area contributed by atoms with Gasteiger partial charge >= 0.3 is 5.91 Å². The summed E-state index contributed by atoms with van der Waals surface area (Å²) in [4.78, 5) is 11.5. The number of ether oxygens (including phenoxy) is 1. The second-order valence-electron chi connectivity index (χ2n) is 5.21. The van der Waals surface area contributed by atoms with E-state index >= 15 is 0 Å². The number of benzene rings is 1. The van der Waals surface area contributed by atoms with Crippen LogP contribution in [0.25, 0.3) is 0 Å². The number of carbonyl (C=O) groups is 1. The zero-order chi connectivity index (χ0) is 15.6. The van der Waals surface area contributed by atoms with Crippen LogP contribution >= 0.6 is 0 Å². The van der Waals surface area contributed by atoms with Gasteiger partial charge in [0.25, 0.3) is 0 Å². The Morgan fingerprint density at radius 2 is 1.76 bits per heavy atom. The lowest BCUT2D eigenvalue weighted by molar-refractivity contribution is 0.0921. The van der Waals surface area contributed by atoms with Gasteiger partial charge in [0.2, 0.25) is 0 Å². The Kier molecular flexibility index (Phi) is 4.33. The van der Waals surface area contributed by atoms with Crippen molar-refractivity contribution in [1.29, 1.82) is 0 Å². The number of hydrogen-bond acceptors (Lipinski definition) is 4. The van der Waals surface area contributed by atoms with Crippen molar-refractivity contribution in [1.82, 2.24) is 5.43 Å². The minimum absolute atomic E-state index is 0.216. The molecular formula is C16H20N2O3. The predicted octanol–water partition coefficient (Wildman–Crippen LogP) is 2.70. The largest absolute Gasteiger partial charge is 0.485 e. The molecule has 112 valence electrons. The van der Waals surface area contributed by atoms with Gasteiger partial charge in [0, 0.05) is 5.56 Å². The van der Waals surface area contributed by atoms with Gasteiger partial charge in [-0.05, 0) is 44.9 Å². The average Bonchev–Trinajstić information content (AvgIpc) is 2.78. The molecule has 21 heavy (non-hydrogen) atoms. The molecule has 1 aromatic heterocycles. The van der Waals surface area contributed by atoms with E-state index in [0.717, 1.165) is 22.4 Å². The first kappa shape index (κ1) is 15.1. The molecule has 0 bridgehead atoms. The lowest BCUT2D eigenvalue weighted by atomic mass is 10.1. The van der Waals surface area contributed by atoms with E-state index in [-0.39, 0.29) is 12.4 Å². The summed E-state index contributed by atoms with van der Waals surface area (Å²) in [5.74, 6) is 6.32. The molecule has 5 heteroatoms. The summed E-state index contributed by atoms with van der Waals surface area (Å²) < 4.78 is 11.3. The third-order valence-corrected chi connectivity index (χ3v) is 3.27. The van der Waals surface area contributed by atoms with Crippen LogP contribution in [0.3, 0.4) is 0 Å². The van der Waals surface area contributed by atoms with Crippen LogP contribution in [0.15, 0.2) is 22.6 Å². The fourth-order valence-electron chi connectivity index (χ4n) is 2.45. The molecular weight excluding hydrogens is 268 g/mol. The van der Waals surface area contributed by atoms with Crippen molar-refractivity contribution < 1.29 is 13.9 Å². The third-order valence-electron chi connectivity index (χ3n) is 3.27. The van der Waals surface area contributed by atoms with Crippen LogP contribution in [0.5, 0.6) is 5.75 Å². The Labute approximate surface area is 124 Å². The Bertz CT molecular complexity index is 651. The van der Waals surface area contributed by atoms with E-state index in [4.69, 9.17) is 15.0 Å². The number of nitrogen functional groups attached to an aromatic ring is 1. The molecule has 3 N–H and O–H groups in total. The molecule has 0 aliphatic rings. The van der Waals surface area contributed by atoms with E-state index in [2.05, 4.69) is 24.5 Å². The normalized spacial score (nSPS) is 10.5. The predicted molar refractivity (Wildman–Crippen MR) is 80.1 cm³/mol. The molecule has 2 rings (SSSR count). The van der Waals surface area contributed by atoms with Crippen molar-refractivity contribution in [2.75, 3.05) is 0 Å². The number of carbonyl (C=O) groups excluding carboxylic acids is 1. The van der Waals surface area contributed by atoms with Gasteiger partial charge in [0.15, 0.2) is 5.76 Å². The molecule has 0 saturated carbocycles. The van der Waals surface area contributed by atoms with Crippen molar-refractivity contribution in [3.05, 3.63) is 52.0 Å². The minimum Gasteiger partial charge on any atom is -0.485 e. The lowest BCUT2D eigenvalue weighted by Gasteiger charge is -2.12. The number of hydrazine groups is 1. The summed E-state index contributed by atoms with van der Waals surface area (Å²) in [6, 6.07) is 5.93. The number of furan rings is 1. The van der Waals surface area contributed by atoms with Gasteiger partial charge in [-0.25, -0.2) is 5.84 Å². The molecule has 1 amide bonds. The highest BCUT2D eigenvalue weighted by Gasteiger charge is 2.15. The zero-order valence-electron chi connectivity index (χ0n) is 12.7. The van der Waals surface area contributed by atoms with Crippen molar-refractivity contribution in [3.63, 3.8) is 0 Å². The molecule has 0 aliphatic carbocycles. The fourth-order valence-corrected chi connectivity index (χ4v) is 2.45. The van der Waals surface area contributed by atoms with E-state index in [1.54, 1.807) is 13.0 Å². The van der Waals surface area contributed by atoms with Gasteiger partial charge < -0.3 is 9.15 Å². The zero-order valence-corrected chi connectivity index (χ0v) is 12.7. The molecule has 0 atom stereocenters. The number of rotatable bonds is 4. The van der Waals surface area contributed by atoms with Crippen LogP contribution in [0.1, 0.15) is 38.6 Å². The van der Waals surface area contributed by atoms with Gasteiger partial charge in [0.1, 0.15) is 18.1 Å². The average molecular weight is 288 g/mol. The van der Waals surface area contributed by atoms with Crippen molar-refractivity contribution in [2.24, 2.45) is 5.84 Å². The second-order valence-corrected chi connectivity index (χ2v) is 5.21. The first-order chi connectivity index (χ1) is 9.92. The van der Waals surface area contributed by atoms with Gasteiger partial charge in [-0.2, -0.15) is 0 Å². The Balaban J connectivity index is 2.16. The Hall–Kier alpha value is -2.27. The summed E-state index contributed by atoms with van der Waals surface area (Å²) in [7, 11) is 0. The van der Waals surface area contributed by atoms with E-state index in [9.17, 15) is 4.79 Å². The van der Waals surface area contributed by atoms with E-state index in [0.29, 0.717) is 5.76 Å². The third kappa shape index (κ3) is 3.25. The summed E-state index contributed by atoms with van der Waals surface area (Å²) in [6.07, 6.45) is 0. The molecule has 1 heterocycles. The number of nitrogens with two attached hydrogens (primary N) is 1. The quantitative estimate of drug-likeness (QED) is 0.515. The standard InChI is InChI=1S/C16H20N2O3/c1-9-5-10(2)14(11(3)6-9)20-8-13-7-12(4)15(21-13)16(19)18-17/h5-7H,8,17H2,1-4H3,(H,18,19). The van der Waals surface area contributed by atoms with E-state index < -0.39 is 5.91 Å². The number of amides is 1. The van der Waals surface area contributed by atoms with Crippen molar-refractivity contribution >= 4 is 5.91 Å². The van der Waals surface area contributed by atoms with Gasteiger partial charge in [0.05, 0.1) is 0 Å². The molecule has 0 spiro atoms. The number of aryl methyl sites for hydroxylation is 4. The highest BCUT2D eigenvalue weighted by atomic mass is 16.5. The van der Waals surface area contributed by atoms with Gasteiger partial charge in [-0.1, -0.05) is 17.7 Å². The monoisotopic (exact) mass is 288 g/mol. The van der Waals surface area contributed by atoms with Crippen LogP contribution in [0, 0.1) is 27.7 Å². The maximum Gasteiger partial charge on any atom is 0.301 e. The maximum atomic E-state index is 11.5. The summed E-state index contributed by atoms with van der Waals surface area (Å²) >= 11 is 0. The minimum atomic E-state index is -0.443. The Morgan fingerprint density at radius 1 is 1.14 bits per heavy atom. The second kappa shape index (κ2) is 6.01. The van der Waals surface area contributed by atoms with Crippen LogP contribution in [-0.2, 0) is 6.61 Å². The van der Waals surface area contributed by atoms with Gasteiger partial charge in [-0.3, -0.25) is 10.2 Å². The highest BCUT2D eigenvalue weighted by molar-refractivity contribution is 5.92. The summed E-state index contributed by atoms with van der Waals surface area (Å²) in [5.41, 5.74) is 6.15. The molecule has 1 aromatic carbocycles. The molecule has 5 nitrogen and oxygen atoms in total. The van der Waals surface area contributed by atoms with E-state index in [1.807, 2.05) is 13.8 Å². The summed E-state index contributed by atoms with van der Waals surface area (Å²) in [6.45, 7) is 8.13. The Morgan fingerprint density at radius 3 is 2.33 bits per heavy atom. The smallest absolute Gasteiger partial charge is 0.301 e. The van der Waals surface area contributed by atoms with Crippen LogP contribution in [0.2, 0.25) is 0 Å². The molecule has 0 fully saturated rings. The SMILES string of the molecule is Cc1cc(C)c(OCc2cc(C)c(C(=O)NN)o2)c(C)c1. The lowest BCUT2D eigenvalue weighted by Crippen LogP contribution is -2.30. The first-order valence-corrected chi connectivity index (χ1v) is 6.73. The number of hydrogen-bond donors (Lipinski definition) is 2. The summed E-state index contributed by atoms with van der Waals surface area (Å²) in [5, 5.41) is 0.